The molecule has 0 radical (unpaired) electrons. The number of amides is 1. The molecule has 0 aromatic heterocycles. The predicted octanol–water partition coefficient (Wildman–Crippen LogP) is 5.41. The molecule has 0 bridgehead atoms. The third-order valence-electron chi connectivity index (χ3n) is 4.23. The summed E-state index contributed by atoms with van der Waals surface area (Å²) in [5.74, 6) is 0.704. The van der Waals surface area contributed by atoms with Crippen molar-refractivity contribution in [2.24, 2.45) is 5.92 Å². The average Bonchev–Trinajstić information content (AvgIpc) is 2.62. The fourth-order valence-corrected chi connectivity index (χ4v) is 4.26. The Morgan fingerprint density at radius 1 is 1.19 bits per heavy atom. The van der Waals surface area contributed by atoms with E-state index in [1.54, 1.807) is 0 Å². The first-order valence-corrected chi connectivity index (χ1v) is 10.0. The number of hydrogen-bond donors (Lipinski definition) is 0. The second-order valence-electron chi connectivity index (χ2n) is 6.90. The molecule has 0 aromatic carbocycles. The minimum absolute atomic E-state index is 0.0939. The van der Waals surface area contributed by atoms with Crippen LogP contribution in [0.5, 0.6) is 0 Å². The van der Waals surface area contributed by atoms with E-state index in [0.717, 1.165) is 10.8 Å². The van der Waals surface area contributed by atoms with E-state index in [1.807, 2.05) is 34.6 Å². The summed E-state index contributed by atoms with van der Waals surface area (Å²) < 4.78 is 6.65. The van der Waals surface area contributed by atoms with E-state index in [1.165, 1.54) is 32.1 Å². The van der Waals surface area contributed by atoms with E-state index >= 15 is 0 Å². The van der Waals surface area contributed by atoms with Crippen LogP contribution in [0.1, 0.15) is 73.1 Å². The summed E-state index contributed by atoms with van der Waals surface area (Å²) in [6, 6.07) is 0.806. The van der Waals surface area contributed by atoms with Gasteiger partial charge in [-0.05, 0) is 46.0 Å². The smallest absolute Gasteiger partial charge is 0.410 e. The molecule has 1 heterocycles. The van der Waals surface area contributed by atoms with Gasteiger partial charge in [0.1, 0.15) is 5.60 Å². The average molecular weight is 409 g/mol. The Morgan fingerprint density at radius 3 is 2.38 bits per heavy atom. The van der Waals surface area contributed by atoms with Crippen LogP contribution in [-0.4, -0.2) is 33.1 Å². The first kappa shape index (κ1) is 19.0. The second kappa shape index (κ2) is 8.59. The molecule has 2 rings (SSSR count). The Bertz CT molecular complexity index is 327. The van der Waals surface area contributed by atoms with Crippen LogP contribution >= 0.6 is 22.6 Å². The topological polar surface area (TPSA) is 29.5 Å². The minimum Gasteiger partial charge on any atom is -0.444 e. The second-order valence-corrected chi connectivity index (χ2v) is 7.78. The van der Waals surface area contributed by atoms with Gasteiger partial charge in [0.25, 0.3) is 0 Å². The number of halogens is 1. The fourth-order valence-electron chi connectivity index (χ4n) is 3.48. The highest BCUT2D eigenvalue weighted by molar-refractivity contribution is 14.1. The lowest BCUT2D eigenvalue weighted by atomic mass is 9.95. The van der Waals surface area contributed by atoms with E-state index in [4.69, 9.17) is 4.74 Å². The van der Waals surface area contributed by atoms with Crippen molar-refractivity contribution in [2.45, 2.75) is 90.8 Å². The zero-order valence-electron chi connectivity index (χ0n) is 14.3. The Balaban J connectivity index is 0.00000106. The Kier molecular flexibility index (Phi) is 7.79. The van der Waals surface area contributed by atoms with Gasteiger partial charge in [-0.15, -0.1) is 0 Å². The Morgan fingerprint density at radius 2 is 1.81 bits per heavy atom. The SMILES string of the molecule is CC.CC(C)(C)OC(=O)N1C(CI)C[C@@H]2CCCCC[C@H]21. The molecule has 0 aromatic rings. The highest BCUT2D eigenvalue weighted by Crippen LogP contribution is 2.39. The number of carbonyl (C=O) groups is 1. The molecule has 4 heteroatoms. The molecular weight excluding hydrogens is 377 g/mol. The molecule has 124 valence electrons. The van der Waals surface area contributed by atoms with Crippen molar-refractivity contribution in [3.05, 3.63) is 0 Å². The van der Waals surface area contributed by atoms with Crippen LogP contribution in [0.3, 0.4) is 0 Å². The summed E-state index contributed by atoms with van der Waals surface area (Å²) >= 11 is 2.41. The molecule has 1 aliphatic heterocycles. The molecular formula is C17H32INO2. The summed E-state index contributed by atoms with van der Waals surface area (Å²) in [5.41, 5.74) is -0.393. The van der Waals surface area contributed by atoms with Gasteiger partial charge in [0, 0.05) is 16.5 Å². The van der Waals surface area contributed by atoms with Crippen molar-refractivity contribution in [3.8, 4) is 0 Å². The number of hydrogen-bond acceptors (Lipinski definition) is 2. The normalized spacial score (nSPS) is 29.0. The molecule has 0 N–H and O–H groups in total. The zero-order valence-corrected chi connectivity index (χ0v) is 16.5. The van der Waals surface area contributed by atoms with Crippen molar-refractivity contribution < 1.29 is 9.53 Å². The van der Waals surface area contributed by atoms with Crippen LogP contribution in [-0.2, 0) is 4.74 Å². The Labute approximate surface area is 144 Å². The summed E-state index contributed by atoms with van der Waals surface area (Å²) in [7, 11) is 0. The number of fused-ring (bicyclic) bond motifs is 1. The van der Waals surface area contributed by atoms with Gasteiger partial charge < -0.3 is 9.64 Å². The van der Waals surface area contributed by atoms with Crippen molar-refractivity contribution >= 4 is 28.7 Å². The van der Waals surface area contributed by atoms with Crippen LogP contribution in [0.4, 0.5) is 4.79 Å². The third kappa shape index (κ3) is 5.29. The van der Waals surface area contributed by atoms with E-state index in [9.17, 15) is 4.79 Å². The summed E-state index contributed by atoms with van der Waals surface area (Å²) in [6.07, 6.45) is 7.44. The molecule has 3 nitrogen and oxygen atoms in total. The zero-order chi connectivity index (χ0) is 16.0. The standard InChI is InChI=1S/C15H26INO2.C2H6/c1-15(2,3)19-14(18)17-12(10-16)9-11-7-5-4-6-8-13(11)17;1-2/h11-13H,4-10H2,1-3H3;1-2H3/t11-,12?,13+;/m0./s1. The van der Waals surface area contributed by atoms with Crippen LogP contribution in [0, 0.1) is 5.92 Å². The van der Waals surface area contributed by atoms with Crippen molar-refractivity contribution in [2.75, 3.05) is 4.43 Å². The molecule has 1 unspecified atom stereocenters. The minimum atomic E-state index is -0.393. The highest BCUT2D eigenvalue weighted by atomic mass is 127. The molecule has 1 saturated carbocycles. The summed E-state index contributed by atoms with van der Waals surface area (Å²) in [5, 5.41) is 0. The molecule has 2 aliphatic rings. The van der Waals surface area contributed by atoms with Crippen LogP contribution in [0.25, 0.3) is 0 Å². The molecule has 1 saturated heterocycles. The highest BCUT2D eigenvalue weighted by Gasteiger charge is 2.44. The molecule has 2 fully saturated rings. The number of rotatable bonds is 1. The lowest BCUT2D eigenvalue weighted by molar-refractivity contribution is 0.0143. The quantitative estimate of drug-likeness (QED) is 0.428. The van der Waals surface area contributed by atoms with Gasteiger partial charge in [0.05, 0.1) is 0 Å². The van der Waals surface area contributed by atoms with E-state index < -0.39 is 5.60 Å². The van der Waals surface area contributed by atoms with Gasteiger partial charge in [0.15, 0.2) is 0 Å². The predicted molar refractivity (Wildman–Crippen MR) is 97.1 cm³/mol. The van der Waals surface area contributed by atoms with Gasteiger partial charge in [-0.1, -0.05) is 55.7 Å². The van der Waals surface area contributed by atoms with Gasteiger partial charge in [-0.25, -0.2) is 4.79 Å². The fraction of sp³-hybridized carbons (Fsp3) is 0.941. The molecule has 1 amide bonds. The van der Waals surface area contributed by atoms with Crippen LogP contribution in [0.15, 0.2) is 0 Å². The third-order valence-corrected chi connectivity index (χ3v) is 5.24. The maximum atomic E-state index is 12.5. The summed E-state index contributed by atoms with van der Waals surface area (Å²) in [6.45, 7) is 9.85. The first-order chi connectivity index (χ1) is 9.92. The molecule has 0 spiro atoms. The van der Waals surface area contributed by atoms with E-state index in [-0.39, 0.29) is 6.09 Å². The van der Waals surface area contributed by atoms with Gasteiger partial charge >= 0.3 is 6.09 Å². The maximum Gasteiger partial charge on any atom is 0.410 e. The van der Waals surface area contributed by atoms with Gasteiger partial charge in [-0.2, -0.15) is 0 Å². The number of nitrogens with zero attached hydrogens (tertiary/aromatic N) is 1. The number of carbonyl (C=O) groups excluding carboxylic acids is 1. The van der Waals surface area contributed by atoms with E-state index in [2.05, 4.69) is 27.5 Å². The van der Waals surface area contributed by atoms with Crippen LogP contribution in [0.2, 0.25) is 0 Å². The van der Waals surface area contributed by atoms with Crippen LogP contribution < -0.4 is 0 Å². The molecule has 3 atom stereocenters. The lowest BCUT2D eigenvalue weighted by Crippen LogP contribution is -2.45. The first-order valence-electron chi connectivity index (χ1n) is 8.49. The lowest BCUT2D eigenvalue weighted by Gasteiger charge is -2.32. The van der Waals surface area contributed by atoms with Crippen molar-refractivity contribution in [1.29, 1.82) is 0 Å². The number of ether oxygens (including phenoxy) is 1. The van der Waals surface area contributed by atoms with Gasteiger partial charge in [0.2, 0.25) is 0 Å². The van der Waals surface area contributed by atoms with Crippen molar-refractivity contribution in [1.82, 2.24) is 4.90 Å². The largest absolute Gasteiger partial charge is 0.444 e. The molecule has 1 aliphatic carbocycles. The number of likely N-dealkylation sites (tertiary alicyclic amines) is 1. The maximum absolute atomic E-state index is 12.5. The number of alkyl halides is 1. The Hall–Kier alpha value is 0. The van der Waals surface area contributed by atoms with E-state index in [0.29, 0.717) is 18.0 Å². The monoisotopic (exact) mass is 409 g/mol. The van der Waals surface area contributed by atoms with Crippen molar-refractivity contribution in [3.63, 3.8) is 0 Å². The van der Waals surface area contributed by atoms with Gasteiger partial charge in [-0.3, -0.25) is 0 Å². The summed E-state index contributed by atoms with van der Waals surface area (Å²) in [4.78, 5) is 14.6. The molecule has 21 heavy (non-hydrogen) atoms.